The topological polar surface area (TPSA) is 56.5 Å². The fraction of sp³-hybridized carbons (Fsp3) is 0.562. The summed E-state index contributed by atoms with van der Waals surface area (Å²) in [6.07, 6.45) is 2.37. The third kappa shape index (κ3) is 3.23. The molecule has 20 heavy (non-hydrogen) atoms. The monoisotopic (exact) mass is 274 g/mol. The van der Waals surface area contributed by atoms with Crippen LogP contribution < -0.4 is 4.74 Å². The first-order valence-electron chi connectivity index (χ1n) is 7.25. The molecular weight excluding hydrogens is 252 g/mol. The summed E-state index contributed by atoms with van der Waals surface area (Å²) in [6, 6.07) is 7.32. The van der Waals surface area contributed by atoms with E-state index in [4.69, 9.17) is 4.74 Å². The largest absolute Gasteiger partial charge is 0.504 e. The molecule has 0 aromatic heterocycles. The predicted molar refractivity (Wildman–Crippen MR) is 77.6 cm³/mol. The van der Waals surface area contributed by atoms with Crippen LogP contribution in [0.4, 0.5) is 0 Å². The summed E-state index contributed by atoms with van der Waals surface area (Å²) in [4.78, 5) is 2.22. The molecule has 1 N–H and O–H groups in total. The van der Waals surface area contributed by atoms with E-state index in [9.17, 15) is 10.4 Å². The van der Waals surface area contributed by atoms with E-state index in [1.54, 1.807) is 12.1 Å². The highest BCUT2D eigenvalue weighted by Gasteiger charge is 2.25. The number of rotatable bonds is 4. The molecule has 2 rings (SSSR count). The molecule has 1 aromatic rings. The Morgan fingerprint density at radius 1 is 1.55 bits per heavy atom. The average Bonchev–Trinajstić information content (AvgIpc) is 2.43. The van der Waals surface area contributed by atoms with Crippen LogP contribution in [0.15, 0.2) is 18.2 Å². The molecule has 1 saturated heterocycles. The van der Waals surface area contributed by atoms with Gasteiger partial charge in [0, 0.05) is 6.54 Å². The molecule has 4 nitrogen and oxygen atoms in total. The zero-order chi connectivity index (χ0) is 14.5. The Balaban J connectivity index is 2.23. The third-order valence-corrected chi connectivity index (χ3v) is 3.78. The smallest absolute Gasteiger partial charge is 0.161 e. The van der Waals surface area contributed by atoms with Crippen LogP contribution in [0.5, 0.6) is 11.5 Å². The van der Waals surface area contributed by atoms with Crippen molar-refractivity contribution in [3.63, 3.8) is 0 Å². The Morgan fingerprint density at radius 3 is 3.00 bits per heavy atom. The van der Waals surface area contributed by atoms with Gasteiger partial charge in [0.2, 0.25) is 0 Å². The van der Waals surface area contributed by atoms with Crippen molar-refractivity contribution in [3.8, 4) is 17.6 Å². The summed E-state index contributed by atoms with van der Waals surface area (Å²) in [5.41, 5.74) is 0.892. The zero-order valence-electron chi connectivity index (χ0n) is 12.2. The summed E-state index contributed by atoms with van der Waals surface area (Å²) in [5.74, 6) is 1.21. The molecule has 1 fully saturated rings. The van der Waals surface area contributed by atoms with Crippen molar-refractivity contribution in [1.29, 1.82) is 5.26 Å². The minimum Gasteiger partial charge on any atom is -0.504 e. The molecule has 0 spiro atoms. The summed E-state index contributed by atoms with van der Waals surface area (Å²) < 4.78 is 5.40. The minimum atomic E-state index is -0.266. The normalized spacial score (nSPS) is 21.1. The second-order valence-electron chi connectivity index (χ2n) is 5.43. The Morgan fingerprint density at radius 2 is 2.35 bits per heavy atom. The van der Waals surface area contributed by atoms with Gasteiger partial charge in [-0.15, -0.1) is 0 Å². The van der Waals surface area contributed by atoms with Crippen LogP contribution in [0.1, 0.15) is 38.3 Å². The van der Waals surface area contributed by atoms with Gasteiger partial charge >= 0.3 is 0 Å². The maximum absolute atomic E-state index is 9.75. The summed E-state index contributed by atoms with van der Waals surface area (Å²) in [5, 5.41) is 19.3. The fourth-order valence-corrected chi connectivity index (χ4v) is 2.80. The molecule has 1 aliphatic heterocycles. The maximum Gasteiger partial charge on any atom is 0.161 e. The fourth-order valence-electron chi connectivity index (χ4n) is 2.80. The highest BCUT2D eigenvalue weighted by Crippen LogP contribution is 2.32. The van der Waals surface area contributed by atoms with E-state index in [1.165, 1.54) is 6.42 Å². The minimum absolute atomic E-state index is 0.124. The summed E-state index contributed by atoms with van der Waals surface area (Å²) >= 11 is 0. The van der Waals surface area contributed by atoms with E-state index in [0.29, 0.717) is 18.3 Å². The van der Waals surface area contributed by atoms with Gasteiger partial charge in [-0.05, 0) is 49.9 Å². The van der Waals surface area contributed by atoms with Crippen molar-refractivity contribution < 1.29 is 9.84 Å². The van der Waals surface area contributed by atoms with Gasteiger partial charge in [-0.2, -0.15) is 5.26 Å². The zero-order valence-corrected chi connectivity index (χ0v) is 12.2. The van der Waals surface area contributed by atoms with Gasteiger partial charge in [0.1, 0.15) is 6.04 Å². The number of phenolic OH excluding ortho intramolecular Hbond substituents is 1. The molecule has 1 aromatic carbocycles. The van der Waals surface area contributed by atoms with E-state index in [-0.39, 0.29) is 11.8 Å². The molecule has 1 aliphatic rings. The molecule has 0 aliphatic carbocycles. The second kappa shape index (κ2) is 6.62. The molecule has 2 unspecified atom stereocenters. The molecule has 0 bridgehead atoms. The number of ether oxygens (including phenoxy) is 1. The molecule has 108 valence electrons. The van der Waals surface area contributed by atoms with E-state index < -0.39 is 0 Å². The van der Waals surface area contributed by atoms with Crippen molar-refractivity contribution in [2.45, 2.75) is 32.7 Å². The van der Waals surface area contributed by atoms with Crippen LogP contribution in [-0.4, -0.2) is 29.7 Å². The van der Waals surface area contributed by atoms with Crippen molar-refractivity contribution in [3.05, 3.63) is 23.8 Å². The Kier molecular flexibility index (Phi) is 4.86. The van der Waals surface area contributed by atoms with Crippen LogP contribution in [-0.2, 0) is 0 Å². The molecule has 1 heterocycles. The number of nitrogens with zero attached hydrogens (tertiary/aromatic N) is 2. The first kappa shape index (κ1) is 14.7. The van der Waals surface area contributed by atoms with Crippen molar-refractivity contribution in [1.82, 2.24) is 4.90 Å². The van der Waals surface area contributed by atoms with Crippen LogP contribution in [0.3, 0.4) is 0 Å². The lowest BCUT2D eigenvalue weighted by Gasteiger charge is -2.34. The molecule has 4 heteroatoms. The number of hydrogen-bond donors (Lipinski definition) is 1. The number of phenols is 1. The molecule has 0 amide bonds. The highest BCUT2D eigenvalue weighted by atomic mass is 16.5. The first-order valence-corrected chi connectivity index (χ1v) is 7.25. The van der Waals surface area contributed by atoms with Crippen molar-refractivity contribution in [2.75, 3.05) is 19.7 Å². The molecule has 0 radical (unpaired) electrons. The number of likely N-dealkylation sites (tertiary alicyclic amines) is 1. The number of aromatic hydroxyl groups is 1. The van der Waals surface area contributed by atoms with Gasteiger partial charge in [-0.1, -0.05) is 13.0 Å². The quantitative estimate of drug-likeness (QED) is 0.916. The van der Waals surface area contributed by atoms with Gasteiger partial charge < -0.3 is 9.84 Å². The number of benzene rings is 1. The standard InChI is InChI=1S/C16H22N2O2/c1-3-20-16-9-13(6-7-15(16)19)14(10-17)18-8-4-5-12(2)11-18/h6-7,9,12,14,19H,3-5,8,11H2,1-2H3. The summed E-state index contributed by atoms with van der Waals surface area (Å²) in [7, 11) is 0. The average molecular weight is 274 g/mol. The SMILES string of the molecule is CCOc1cc(C(C#N)N2CCCC(C)C2)ccc1O. The number of hydrogen-bond acceptors (Lipinski definition) is 4. The number of nitriles is 1. The van der Waals surface area contributed by atoms with Gasteiger partial charge in [0.05, 0.1) is 12.7 Å². The lowest BCUT2D eigenvalue weighted by molar-refractivity contribution is 0.156. The molecular formula is C16H22N2O2. The van der Waals surface area contributed by atoms with Crippen molar-refractivity contribution >= 4 is 0 Å². The highest BCUT2D eigenvalue weighted by molar-refractivity contribution is 5.43. The van der Waals surface area contributed by atoms with Gasteiger partial charge in [0.15, 0.2) is 11.5 Å². The third-order valence-electron chi connectivity index (χ3n) is 3.78. The Labute approximate surface area is 120 Å². The van der Waals surface area contributed by atoms with E-state index in [1.807, 2.05) is 13.0 Å². The van der Waals surface area contributed by atoms with Crippen LogP contribution in [0.25, 0.3) is 0 Å². The van der Waals surface area contributed by atoms with Gasteiger partial charge in [-0.25, -0.2) is 0 Å². The predicted octanol–water partition coefficient (Wildman–Crippen LogP) is 3.09. The van der Waals surface area contributed by atoms with E-state index in [0.717, 1.165) is 25.1 Å². The molecule has 0 saturated carbocycles. The van der Waals surface area contributed by atoms with Crippen molar-refractivity contribution in [2.24, 2.45) is 5.92 Å². The van der Waals surface area contributed by atoms with Gasteiger partial charge in [-0.3, -0.25) is 4.90 Å². The Hall–Kier alpha value is -1.73. The van der Waals surface area contributed by atoms with E-state index in [2.05, 4.69) is 17.9 Å². The Bertz CT molecular complexity index is 496. The second-order valence-corrected chi connectivity index (χ2v) is 5.43. The molecule has 2 atom stereocenters. The van der Waals surface area contributed by atoms with E-state index >= 15 is 0 Å². The maximum atomic E-state index is 9.75. The summed E-state index contributed by atoms with van der Waals surface area (Å²) in [6.45, 7) is 6.49. The lowest BCUT2D eigenvalue weighted by atomic mass is 9.96. The van der Waals surface area contributed by atoms with Gasteiger partial charge in [0.25, 0.3) is 0 Å². The van der Waals surface area contributed by atoms with Crippen LogP contribution in [0, 0.1) is 17.2 Å². The van der Waals surface area contributed by atoms with Crippen LogP contribution >= 0.6 is 0 Å². The van der Waals surface area contributed by atoms with Crippen LogP contribution in [0.2, 0.25) is 0 Å². The lowest BCUT2D eigenvalue weighted by Crippen LogP contribution is -2.36. The first-order chi connectivity index (χ1) is 9.65. The number of piperidine rings is 1.